The number of anilines is 1. The monoisotopic (exact) mass is 365 g/mol. The number of hydrogen-bond donors (Lipinski definition) is 3. The Kier molecular flexibility index (Phi) is 5.33. The molecule has 0 aliphatic heterocycles. The highest BCUT2D eigenvalue weighted by Gasteiger charge is 2.32. The average molecular weight is 365 g/mol. The van der Waals surface area contributed by atoms with Crippen LogP contribution in [0.3, 0.4) is 0 Å². The van der Waals surface area contributed by atoms with E-state index in [-0.39, 0.29) is 17.9 Å². The van der Waals surface area contributed by atoms with Crippen molar-refractivity contribution in [2.75, 3.05) is 5.32 Å². The van der Waals surface area contributed by atoms with Gasteiger partial charge in [-0.1, -0.05) is 18.2 Å². The van der Waals surface area contributed by atoms with Crippen LogP contribution in [0.5, 0.6) is 0 Å². The molecule has 8 heteroatoms. The van der Waals surface area contributed by atoms with Crippen molar-refractivity contribution in [3.63, 3.8) is 0 Å². The minimum Gasteiger partial charge on any atom is -0.393 e. The SMILES string of the molecule is Cn1cc(C(=O)Nc2ccccc2C(O)CC(O)C2CC2)c(C(F)F)n1. The summed E-state index contributed by atoms with van der Waals surface area (Å²) in [4.78, 5) is 12.4. The van der Waals surface area contributed by atoms with Gasteiger partial charge in [0.2, 0.25) is 0 Å². The summed E-state index contributed by atoms with van der Waals surface area (Å²) < 4.78 is 27.3. The summed E-state index contributed by atoms with van der Waals surface area (Å²) >= 11 is 0. The van der Waals surface area contributed by atoms with E-state index in [0.29, 0.717) is 11.3 Å². The molecule has 0 radical (unpaired) electrons. The Morgan fingerprint density at radius 3 is 2.69 bits per heavy atom. The van der Waals surface area contributed by atoms with Crippen LogP contribution in [-0.2, 0) is 7.05 Å². The summed E-state index contributed by atoms with van der Waals surface area (Å²) in [6, 6.07) is 6.59. The predicted molar refractivity (Wildman–Crippen MR) is 90.9 cm³/mol. The Bertz CT molecular complexity index is 790. The van der Waals surface area contributed by atoms with E-state index in [1.807, 2.05) is 0 Å². The maximum absolute atomic E-state index is 13.0. The number of halogens is 2. The minimum absolute atomic E-state index is 0.159. The van der Waals surface area contributed by atoms with Crippen LogP contribution in [0, 0.1) is 5.92 Å². The summed E-state index contributed by atoms with van der Waals surface area (Å²) in [7, 11) is 1.46. The molecule has 1 fully saturated rings. The number of para-hydroxylation sites is 1. The van der Waals surface area contributed by atoms with E-state index in [2.05, 4.69) is 10.4 Å². The van der Waals surface area contributed by atoms with Gasteiger partial charge in [0.25, 0.3) is 12.3 Å². The topological polar surface area (TPSA) is 87.4 Å². The molecular formula is C18H21F2N3O3. The summed E-state index contributed by atoms with van der Waals surface area (Å²) in [6.07, 6.45) is -1.15. The van der Waals surface area contributed by atoms with E-state index in [1.54, 1.807) is 24.3 Å². The van der Waals surface area contributed by atoms with Crippen LogP contribution in [0.25, 0.3) is 0 Å². The number of rotatable bonds is 7. The predicted octanol–water partition coefficient (Wildman–Crippen LogP) is 2.80. The summed E-state index contributed by atoms with van der Waals surface area (Å²) in [6.45, 7) is 0. The molecule has 6 nitrogen and oxygen atoms in total. The van der Waals surface area contributed by atoms with Crippen LogP contribution < -0.4 is 5.32 Å². The van der Waals surface area contributed by atoms with Gasteiger partial charge < -0.3 is 15.5 Å². The van der Waals surface area contributed by atoms with E-state index in [9.17, 15) is 23.8 Å². The van der Waals surface area contributed by atoms with Crippen molar-refractivity contribution in [3.8, 4) is 0 Å². The molecule has 2 aromatic rings. The third-order valence-electron chi connectivity index (χ3n) is 4.51. The third kappa shape index (κ3) is 4.08. The van der Waals surface area contributed by atoms with Gasteiger partial charge >= 0.3 is 0 Å². The number of aliphatic hydroxyl groups is 2. The zero-order valence-electron chi connectivity index (χ0n) is 14.3. The Hall–Kier alpha value is -2.32. The van der Waals surface area contributed by atoms with Crippen LogP contribution >= 0.6 is 0 Å². The third-order valence-corrected chi connectivity index (χ3v) is 4.51. The molecule has 3 rings (SSSR count). The fraction of sp³-hybridized carbons (Fsp3) is 0.444. The van der Waals surface area contributed by atoms with Crippen molar-refractivity contribution in [3.05, 3.63) is 47.3 Å². The molecule has 0 saturated heterocycles. The molecule has 26 heavy (non-hydrogen) atoms. The number of amides is 1. The average Bonchev–Trinajstić information content (AvgIpc) is 3.37. The number of aromatic nitrogens is 2. The highest BCUT2D eigenvalue weighted by atomic mass is 19.3. The van der Waals surface area contributed by atoms with E-state index in [1.165, 1.54) is 13.2 Å². The summed E-state index contributed by atoms with van der Waals surface area (Å²) in [5.41, 5.74) is -0.0582. The lowest BCUT2D eigenvalue weighted by molar-refractivity contribution is 0.0680. The van der Waals surface area contributed by atoms with Gasteiger partial charge in [0, 0.05) is 30.9 Å². The fourth-order valence-electron chi connectivity index (χ4n) is 2.96. The van der Waals surface area contributed by atoms with Crippen molar-refractivity contribution in [2.45, 2.75) is 37.9 Å². The van der Waals surface area contributed by atoms with Crippen LogP contribution in [0.1, 0.15) is 53.4 Å². The number of nitrogens with one attached hydrogen (secondary N) is 1. The van der Waals surface area contributed by atoms with Gasteiger partial charge in [0.05, 0.1) is 17.8 Å². The number of aryl methyl sites for hydroxylation is 1. The highest BCUT2D eigenvalue weighted by Crippen LogP contribution is 2.37. The molecule has 1 saturated carbocycles. The highest BCUT2D eigenvalue weighted by molar-refractivity contribution is 6.05. The lowest BCUT2D eigenvalue weighted by atomic mass is 9.99. The number of nitrogens with zero attached hydrogens (tertiary/aromatic N) is 2. The molecule has 1 amide bonds. The van der Waals surface area contributed by atoms with Crippen LogP contribution in [-0.4, -0.2) is 32.0 Å². The maximum Gasteiger partial charge on any atom is 0.282 e. The van der Waals surface area contributed by atoms with Crippen LogP contribution in [0.2, 0.25) is 0 Å². The number of hydrogen-bond acceptors (Lipinski definition) is 4. The van der Waals surface area contributed by atoms with Crippen molar-refractivity contribution in [1.29, 1.82) is 0 Å². The van der Waals surface area contributed by atoms with Crippen LogP contribution in [0.4, 0.5) is 14.5 Å². The van der Waals surface area contributed by atoms with Crippen molar-refractivity contribution < 1.29 is 23.8 Å². The molecule has 2 atom stereocenters. The number of benzene rings is 1. The first-order chi connectivity index (χ1) is 12.4. The lowest BCUT2D eigenvalue weighted by Crippen LogP contribution is -2.18. The number of alkyl halides is 2. The van der Waals surface area contributed by atoms with E-state index >= 15 is 0 Å². The normalized spacial score (nSPS) is 16.5. The van der Waals surface area contributed by atoms with Gasteiger partial charge in [-0.15, -0.1) is 0 Å². The molecule has 140 valence electrons. The molecule has 0 spiro atoms. The zero-order valence-corrected chi connectivity index (χ0v) is 14.3. The Labute approximate surface area is 149 Å². The van der Waals surface area contributed by atoms with E-state index in [4.69, 9.17) is 0 Å². The van der Waals surface area contributed by atoms with Gasteiger partial charge in [-0.25, -0.2) is 8.78 Å². The first-order valence-corrected chi connectivity index (χ1v) is 8.45. The molecule has 1 heterocycles. The smallest absolute Gasteiger partial charge is 0.282 e. The van der Waals surface area contributed by atoms with E-state index < -0.39 is 30.2 Å². The first-order valence-electron chi connectivity index (χ1n) is 8.45. The second-order valence-corrected chi connectivity index (χ2v) is 6.60. The molecule has 1 aliphatic rings. The summed E-state index contributed by atoms with van der Waals surface area (Å²) in [5, 5.41) is 26.6. The van der Waals surface area contributed by atoms with Gasteiger partial charge in [-0.2, -0.15) is 5.10 Å². The molecular weight excluding hydrogens is 344 g/mol. The second kappa shape index (κ2) is 7.51. The van der Waals surface area contributed by atoms with Crippen LogP contribution in [0.15, 0.2) is 30.5 Å². The zero-order chi connectivity index (χ0) is 18.8. The first kappa shape index (κ1) is 18.5. The van der Waals surface area contributed by atoms with Gasteiger partial charge in [-0.05, 0) is 24.8 Å². The Balaban J connectivity index is 1.78. The quantitative estimate of drug-likeness (QED) is 0.704. The molecule has 1 aliphatic carbocycles. The maximum atomic E-state index is 13.0. The van der Waals surface area contributed by atoms with Crippen molar-refractivity contribution >= 4 is 11.6 Å². The van der Waals surface area contributed by atoms with Gasteiger partial charge in [-0.3, -0.25) is 9.48 Å². The van der Waals surface area contributed by atoms with Gasteiger partial charge in [0.15, 0.2) is 0 Å². The van der Waals surface area contributed by atoms with Crippen molar-refractivity contribution in [2.24, 2.45) is 13.0 Å². The Morgan fingerprint density at radius 1 is 1.35 bits per heavy atom. The number of carbonyl (C=O) groups is 1. The van der Waals surface area contributed by atoms with E-state index in [0.717, 1.165) is 17.5 Å². The minimum atomic E-state index is -2.87. The molecule has 3 N–H and O–H groups in total. The molecule has 1 aromatic heterocycles. The fourth-order valence-corrected chi connectivity index (χ4v) is 2.96. The second-order valence-electron chi connectivity index (χ2n) is 6.60. The number of carbonyl (C=O) groups excluding carboxylic acids is 1. The van der Waals surface area contributed by atoms with Gasteiger partial charge in [0.1, 0.15) is 5.69 Å². The van der Waals surface area contributed by atoms with Crippen molar-refractivity contribution in [1.82, 2.24) is 9.78 Å². The Morgan fingerprint density at radius 2 is 2.04 bits per heavy atom. The lowest BCUT2D eigenvalue weighted by Gasteiger charge is -2.19. The molecule has 0 bridgehead atoms. The molecule has 1 aromatic carbocycles. The number of aliphatic hydroxyl groups excluding tert-OH is 2. The molecule has 2 unspecified atom stereocenters. The standard InChI is InChI=1S/C18H21F2N3O3/c1-23-9-12(16(22-23)17(19)20)18(26)21-13-5-3-2-4-11(13)15(25)8-14(24)10-6-7-10/h2-5,9-10,14-15,17,24-25H,6-8H2,1H3,(H,21,26). The largest absolute Gasteiger partial charge is 0.393 e. The summed E-state index contributed by atoms with van der Waals surface area (Å²) in [5.74, 6) is -0.508.